The number of aliphatic hydroxyl groups is 1. The van der Waals surface area contributed by atoms with Gasteiger partial charge in [-0.05, 0) is 13.0 Å². The monoisotopic (exact) mass is 183 g/mol. The van der Waals surface area contributed by atoms with Crippen molar-refractivity contribution < 1.29 is 9.84 Å². The molecule has 1 aromatic rings. The van der Waals surface area contributed by atoms with Crippen molar-refractivity contribution in [2.45, 2.75) is 12.5 Å². The van der Waals surface area contributed by atoms with Crippen molar-refractivity contribution in [2.24, 2.45) is 5.73 Å². The number of nitrogens with zero attached hydrogens (tertiary/aromatic N) is 2. The maximum Gasteiger partial charge on any atom is 0.157 e. The van der Waals surface area contributed by atoms with Crippen LogP contribution in [0.25, 0.3) is 0 Å². The second kappa shape index (κ2) is 4.74. The van der Waals surface area contributed by atoms with Crippen LogP contribution >= 0.6 is 0 Å². The molecule has 0 aliphatic rings. The highest BCUT2D eigenvalue weighted by Gasteiger charge is 2.08. The van der Waals surface area contributed by atoms with Crippen LogP contribution in [0.1, 0.15) is 18.3 Å². The van der Waals surface area contributed by atoms with Crippen molar-refractivity contribution in [3.63, 3.8) is 0 Å². The normalized spacial score (nSPS) is 12.5. The van der Waals surface area contributed by atoms with Crippen LogP contribution in [0.15, 0.2) is 12.4 Å². The maximum atomic E-state index is 9.44. The average molecular weight is 183 g/mol. The Hall–Kier alpha value is -1.20. The number of aliphatic hydroxyl groups excluding tert-OH is 1. The Bertz CT molecular complexity index is 250. The summed E-state index contributed by atoms with van der Waals surface area (Å²) in [5, 5.41) is 9.44. The minimum atomic E-state index is -0.684. The van der Waals surface area contributed by atoms with Gasteiger partial charge in [-0.2, -0.15) is 0 Å². The molecule has 0 saturated carbocycles. The number of aromatic nitrogens is 2. The number of hydrogen-bond acceptors (Lipinski definition) is 5. The molecule has 72 valence electrons. The molecule has 0 aliphatic carbocycles. The van der Waals surface area contributed by atoms with E-state index in [1.54, 1.807) is 0 Å². The zero-order valence-electron chi connectivity index (χ0n) is 7.47. The number of methoxy groups -OCH3 is 1. The van der Waals surface area contributed by atoms with E-state index in [4.69, 9.17) is 10.5 Å². The van der Waals surface area contributed by atoms with Crippen LogP contribution < -0.4 is 10.5 Å². The van der Waals surface area contributed by atoms with Crippen LogP contribution in [0.3, 0.4) is 0 Å². The lowest BCUT2D eigenvalue weighted by Crippen LogP contribution is -2.09. The summed E-state index contributed by atoms with van der Waals surface area (Å²) in [7, 11) is 1.54. The van der Waals surface area contributed by atoms with Gasteiger partial charge in [0, 0.05) is 0 Å². The minimum Gasteiger partial charge on any atom is -0.494 e. The molecule has 0 saturated heterocycles. The standard InChI is InChI=1S/C8H13N3O2/c1-13-6-4-10-8(11-5-6)7(12)2-3-9/h4-5,7,12H,2-3,9H2,1H3. The van der Waals surface area contributed by atoms with E-state index >= 15 is 0 Å². The Labute approximate surface area is 76.6 Å². The predicted octanol–water partition coefficient (Wildman–Crippen LogP) is -0.133. The van der Waals surface area contributed by atoms with Gasteiger partial charge in [-0.3, -0.25) is 0 Å². The molecule has 5 nitrogen and oxygen atoms in total. The van der Waals surface area contributed by atoms with Gasteiger partial charge < -0.3 is 15.6 Å². The molecule has 5 heteroatoms. The van der Waals surface area contributed by atoms with Gasteiger partial charge in [-0.25, -0.2) is 9.97 Å². The largest absolute Gasteiger partial charge is 0.494 e. The van der Waals surface area contributed by atoms with Crippen LogP contribution in [0.4, 0.5) is 0 Å². The summed E-state index contributed by atoms with van der Waals surface area (Å²) in [6.45, 7) is 0.413. The summed E-state index contributed by atoms with van der Waals surface area (Å²) in [6.07, 6.45) is 2.81. The molecule has 1 unspecified atom stereocenters. The number of nitrogens with two attached hydrogens (primary N) is 1. The first-order valence-corrected chi connectivity index (χ1v) is 4.02. The van der Waals surface area contributed by atoms with E-state index in [1.165, 1.54) is 19.5 Å². The molecule has 1 rings (SSSR count). The average Bonchev–Trinajstić information content (AvgIpc) is 2.18. The topological polar surface area (TPSA) is 81.3 Å². The van der Waals surface area contributed by atoms with E-state index < -0.39 is 6.10 Å². The lowest BCUT2D eigenvalue weighted by atomic mass is 10.2. The van der Waals surface area contributed by atoms with Gasteiger partial charge in [0.1, 0.15) is 6.10 Å². The maximum absolute atomic E-state index is 9.44. The number of rotatable bonds is 4. The first-order chi connectivity index (χ1) is 6.27. The van der Waals surface area contributed by atoms with Crippen LogP contribution in [0, 0.1) is 0 Å². The third kappa shape index (κ3) is 2.64. The van der Waals surface area contributed by atoms with Gasteiger partial charge in [0.05, 0.1) is 19.5 Å². The molecule has 0 spiro atoms. The molecule has 0 amide bonds. The first-order valence-electron chi connectivity index (χ1n) is 4.02. The Morgan fingerprint density at radius 3 is 2.62 bits per heavy atom. The highest BCUT2D eigenvalue weighted by atomic mass is 16.5. The van der Waals surface area contributed by atoms with Crippen molar-refractivity contribution in [2.75, 3.05) is 13.7 Å². The molecule has 0 aliphatic heterocycles. The summed E-state index contributed by atoms with van der Waals surface area (Å²) in [5.74, 6) is 0.954. The highest BCUT2D eigenvalue weighted by Crippen LogP contribution is 2.12. The summed E-state index contributed by atoms with van der Waals surface area (Å²) in [5.41, 5.74) is 5.28. The molecule has 1 aromatic heterocycles. The van der Waals surface area contributed by atoms with Crippen LogP contribution in [-0.2, 0) is 0 Å². The van der Waals surface area contributed by atoms with E-state index in [1.807, 2.05) is 0 Å². The quantitative estimate of drug-likeness (QED) is 0.679. The lowest BCUT2D eigenvalue weighted by Gasteiger charge is -2.07. The van der Waals surface area contributed by atoms with Gasteiger partial charge in [-0.15, -0.1) is 0 Å². The zero-order valence-corrected chi connectivity index (χ0v) is 7.47. The molecule has 0 fully saturated rings. The Balaban J connectivity index is 2.67. The van der Waals surface area contributed by atoms with Crippen LogP contribution in [0.2, 0.25) is 0 Å². The fourth-order valence-corrected chi connectivity index (χ4v) is 0.891. The van der Waals surface area contributed by atoms with E-state index in [9.17, 15) is 5.11 Å². The van der Waals surface area contributed by atoms with E-state index in [-0.39, 0.29) is 0 Å². The van der Waals surface area contributed by atoms with Crippen molar-refractivity contribution in [3.8, 4) is 5.75 Å². The molecule has 0 aromatic carbocycles. The van der Waals surface area contributed by atoms with E-state index in [2.05, 4.69) is 9.97 Å². The second-order valence-corrected chi connectivity index (χ2v) is 2.57. The molecule has 13 heavy (non-hydrogen) atoms. The minimum absolute atomic E-state index is 0.381. The predicted molar refractivity (Wildman–Crippen MR) is 47.2 cm³/mol. The third-order valence-corrected chi connectivity index (χ3v) is 1.62. The number of ether oxygens (including phenoxy) is 1. The van der Waals surface area contributed by atoms with Gasteiger partial charge in [0.25, 0.3) is 0 Å². The molecule has 0 bridgehead atoms. The van der Waals surface area contributed by atoms with Crippen molar-refractivity contribution in [3.05, 3.63) is 18.2 Å². The lowest BCUT2D eigenvalue weighted by molar-refractivity contribution is 0.160. The molecule has 0 radical (unpaired) electrons. The molecule has 3 N–H and O–H groups in total. The zero-order chi connectivity index (χ0) is 9.68. The fourth-order valence-electron chi connectivity index (χ4n) is 0.891. The smallest absolute Gasteiger partial charge is 0.157 e. The molecular formula is C8H13N3O2. The summed E-state index contributed by atoms with van der Waals surface area (Å²) in [6, 6.07) is 0. The Morgan fingerprint density at radius 1 is 1.54 bits per heavy atom. The fraction of sp³-hybridized carbons (Fsp3) is 0.500. The van der Waals surface area contributed by atoms with Gasteiger partial charge >= 0.3 is 0 Å². The molecule has 1 heterocycles. The summed E-state index contributed by atoms with van der Waals surface area (Å²) < 4.78 is 4.88. The first kappa shape index (κ1) is 9.88. The van der Waals surface area contributed by atoms with Crippen molar-refractivity contribution in [1.82, 2.24) is 9.97 Å². The van der Waals surface area contributed by atoms with E-state index in [0.29, 0.717) is 24.5 Å². The SMILES string of the molecule is COc1cnc(C(O)CCN)nc1. The second-order valence-electron chi connectivity index (χ2n) is 2.57. The highest BCUT2D eigenvalue weighted by molar-refractivity contribution is 5.12. The summed E-state index contributed by atoms with van der Waals surface area (Å²) in [4.78, 5) is 7.85. The van der Waals surface area contributed by atoms with E-state index in [0.717, 1.165) is 0 Å². The van der Waals surface area contributed by atoms with Crippen LogP contribution in [0.5, 0.6) is 5.75 Å². The third-order valence-electron chi connectivity index (χ3n) is 1.62. The van der Waals surface area contributed by atoms with Gasteiger partial charge in [0.15, 0.2) is 11.6 Å². The number of hydrogen-bond donors (Lipinski definition) is 2. The molecule has 1 atom stereocenters. The Kier molecular flexibility index (Phi) is 3.60. The van der Waals surface area contributed by atoms with Crippen LogP contribution in [-0.4, -0.2) is 28.7 Å². The Morgan fingerprint density at radius 2 is 2.15 bits per heavy atom. The summed E-state index contributed by atoms with van der Waals surface area (Å²) >= 11 is 0. The van der Waals surface area contributed by atoms with Crippen molar-refractivity contribution in [1.29, 1.82) is 0 Å². The van der Waals surface area contributed by atoms with Gasteiger partial charge in [0.2, 0.25) is 0 Å². The molecular weight excluding hydrogens is 170 g/mol. The van der Waals surface area contributed by atoms with Gasteiger partial charge in [-0.1, -0.05) is 0 Å². The van der Waals surface area contributed by atoms with Crippen molar-refractivity contribution >= 4 is 0 Å².